The summed E-state index contributed by atoms with van der Waals surface area (Å²) in [5.41, 5.74) is 1.34. The van der Waals surface area contributed by atoms with Crippen molar-refractivity contribution in [2.24, 2.45) is 0 Å². The van der Waals surface area contributed by atoms with E-state index in [4.69, 9.17) is 4.42 Å². The molecular formula is C13H15NO3S. The molecule has 0 saturated carbocycles. The number of furan rings is 1. The maximum absolute atomic E-state index is 11.2. The van der Waals surface area contributed by atoms with Crippen LogP contribution in [0, 0.1) is 0 Å². The normalized spacial score (nSPS) is 10.5. The zero-order chi connectivity index (χ0) is 12.8. The first kappa shape index (κ1) is 12.9. The smallest absolute Gasteiger partial charge is 0.373 e. The van der Waals surface area contributed by atoms with E-state index in [9.17, 15) is 4.79 Å². The van der Waals surface area contributed by atoms with Gasteiger partial charge in [-0.2, -0.15) is 11.3 Å². The van der Waals surface area contributed by atoms with E-state index < -0.39 is 5.97 Å². The Labute approximate surface area is 110 Å². The van der Waals surface area contributed by atoms with Crippen molar-refractivity contribution in [3.63, 3.8) is 0 Å². The molecule has 0 radical (unpaired) electrons. The van der Waals surface area contributed by atoms with Crippen LogP contribution in [0.5, 0.6) is 0 Å². The van der Waals surface area contributed by atoms with E-state index in [0.29, 0.717) is 6.54 Å². The third-order valence-corrected chi connectivity index (χ3v) is 3.25. The van der Waals surface area contributed by atoms with E-state index in [1.54, 1.807) is 23.5 Å². The zero-order valence-electron chi connectivity index (χ0n) is 10.1. The van der Waals surface area contributed by atoms with Crippen LogP contribution in [0.3, 0.4) is 0 Å². The maximum Gasteiger partial charge on any atom is 0.373 e. The first-order valence-electron chi connectivity index (χ1n) is 5.68. The van der Waals surface area contributed by atoms with E-state index in [1.807, 2.05) is 0 Å². The molecule has 2 rings (SSSR count). The Morgan fingerprint density at radius 2 is 2.33 bits per heavy atom. The average Bonchev–Trinajstić information content (AvgIpc) is 3.05. The van der Waals surface area contributed by atoms with Crippen molar-refractivity contribution in [1.82, 2.24) is 5.32 Å². The van der Waals surface area contributed by atoms with Gasteiger partial charge in [0.25, 0.3) is 0 Å². The highest BCUT2D eigenvalue weighted by Crippen LogP contribution is 2.09. The van der Waals surface area contributed by atoms with Crippen LogP contribution >= 0.6 is 11.3 Å². The van der Waals surface area contributed by atoms with Crippen LogP contribution < -0.4 is 5.32 Å². The van der Waals surface area contributed by atoms with Crippen LogP contribution in [0.4, 0.5) is 0 Å². The lowest BCUT2D eigenvalue weighted by molar-refractivity contribution is 0.0563. The molecule has 4 nitrogen and oxygen atoms in total. The number of thiophene rings is 1. The van der Waals surface area contributed by atoms with Crippen LogP contribution in [0.15, 0.2) is 33.4 Å². The second-order valence-corrected chi connectivity index (χ2v) is 4.60. The molecular weight excluding hydrogens is 250 g/mol. The monoisotopic (exact) mass is 265 g/mol. The fourth-order valence-electron chi connectivity index (χ4n) is 1.56. The van der Waals surface area contributed by atoms with Gasteiger partial charge in [-0.05, 0) is 47.5 Å². The summed E-state index contributed by atoms with van der Waals surface area (Å²) in [5.74, 6) is 0.535. The van der Waals surface area contributed by atoms with Crippen molar-refractivity contribution in [3.05, 3.63) is 46.0 Å². The molecule has 0 spiro atoms. The zero-order valence-corrected chi connectivity index (χ0v) is 11.0. The topological polar surface area (TPSA) is 51.5 Å². The molecule has 0 aliphatic heterocycles. The SMILES string of the molecule is COC(=O)c1ccc(CNCCc2ccsc2)o1. The van der Waals surface area contributed by atoms with Gasteiger partial charge in [-0.3, -0.25) is 0 Å². The molecule has 5 heteroatoms. The van der Waals surface area contributed by atoms with Gasteiger partial charge in [-0.1, -0.05) is 0 Å². The summed E-state index contributed by atoms with van der Waals surface area (Å²) >= 11 is 1.71. The van der Waals surface area contributed by atoms with Gasteiger partial charge >= 0.3 is 5.97 Å². The predicted octanol–water partition coefficient (Wildman–Crippen LogP) is 2.46. The number of methoxy groups -OCH3 is 1. The molecule has 18 heavy (non-hydrogen) atoms. The summed E-state index contributed by atoms with van der Waals surface area (Å²) in [6.07, 6.45) is 0.994. The van der Waals surface area contributed by atoms with Crippen molar-refractivity contribution in [2.45, 2.75) is 13.0 Å². The number of ether oxygens (including phenoxy) is 1. The highest BCUT2D eigenvalue weighted by Gasteiger charge is 2.10. The summed E-state index contributed by atoms with van der Waals surface area (Å²) in [7, 11) is 1.34. The second kappa shape index (κ2) is 6.37. The lowest BCUT2D eigenvalue weighted by Crippen LogP contribution is -2.16. The fourth-order valence-corrected chi connectivity index (χ4v) is 2.27. The lowest BCUT2D eigenvalue weighted by Gasteiger charge is -2.01. The van der Waals surface area contributed by atoms with Crippen molar-refractivity contribution in [2.75, 3.05) is 13.7 Å². The first-order valence-corrected chi connectivity index (χ1v) is 6.62. The van der Waals surface area contributed by atoms with Gasteiger partial charge in [-0.25, -0.2) is 4.79 Å². The largest absolute Gasteiger partial charge is 0.463 e. The minimum Gasteiger partial charge on any atom is -0.463 e. The Morgan fingerprint density at radius 1 is 1.44 bits per heavy atom. The highest BCUT2D eigenvalue weighted by molar-refractivity contribution is 7.07. The molecule has 0 aliphatic rings. The summed E-state index contributed by atoms with van der Waals surface area (Å²) in [4.78, 5) is 11.2. The summed E-state index contributed by atoms with van der Waals surface area (Å²) in [5, 5.41) is 7.49. The molecule has 0 saturated heterocycles. The van der Waals surface area contributed by atoms with E-state index in [2.05, 4.69) is 26.9 Å². The lowest BCUT2D eigenvalue weighted by atomic mass is 10.2. The molecule has 0 atom stereocenters. The Bertz CT molecular complexity index is 490. The number of hydrogen-bond acceptors (Lipinski definition) is 5. The van der Waals surface area contributed by atoms with Crippen molar-refractivity contribution >= 4 is 17.3 Å². The van der Waals surface area contributed by atoms with E-state index in [1.165, 1.54) is 12.7 Å². The Kier molecular flexibility index (Phi) is 4.55. The molecule has 0 aromatic carbocycles. The second-order valence-electron chi connectivity index (χ2n) is 3.82. The number of hydrogen-bond donors (Lipinski definition) is 1. The van der Waals surface area contributed by atoms with Gasteiger partial charge in [0, 0.05) is 0 Å². The molecule has 2 aromatic heterocycles. The first-order chi connectivity index (χ1) is 8.79. The van der Waals surface area contributed by atoms with Gasteiger partial charge < -0.3 is 14.5 Å². The third-order valence-electron chi connectivity index (χ3n) is 2.52. The molecule has 2 heterocycles. The van der Waals surface area contributed by atoms with E-state index >= 15 is 0 Å². The number of carbonyl (C=O) groups excluding carboxylic acids is 1. The average molecular weight is 265 g/mol. The Hall–Kier alpha value is -1.59. The number of nitrogens with one attached hydrogen (secondary N) is 1. The molecule has 0 unspecified atom stereocenters. The maximum atomic E-state index is 11.2. The molecule has 96 valence electrons. The fraction of sp³-hybridized carbons (Fsp3) is 0.308. The van der Waals surface area contributed by atoms with Gasteiger partial charge in [0.1, 0.15) is 5.76 Å². The minimum atomic E-state index is -0.445. The third kappa shape index (κ3) is 3.45. The van der Waals surface area contributed by atoms with Crippen LogP contribution in [-0.4, -0.2) is 19.6 Å². The van der Waals surface area contributed by atoms with Crippen molar-refractivity contribution in [1.29, 1.82) is 0 Å². The summed E-state index contributed by atoms with van der Waals surface area (Å²) < 4.78 is 9.91. The van der Waals surface area contributed by atoms with Crippen LogP contribution in [0.25, 0.3) is 0 Å². The van der Waals surface area contributed by atoms with Gasteiger partial charge in [-0.15, -0.1) is 0 Å². The quantitative estimate of drug-likeness (QED) is 0.644. The molecule has 0 amide bonds. The summed E-state index contributed by atoms with van der Waals surface area (Å²) in [6.45, 7) is 1.49. The number of carbonyl (C=O) groups is 1. The Morgan fingerprint density at radius 3 is 3.06 bits per heavy atom. The predicted molar refractivity (Wildman–Crippen MR) is 69.8 cm³/mol. The Balaban J connectivity index is 1.73. The van der Waals surface area contributed by atoms with Crippen molar-refractivity contribution < 1.29 is 13.9 Å². The molecule has 1 N–H and O–H groups in total. The van der Waals surface area contributed by atoms with E-state index in [-0.39, 0.29) is 5.76 Å². The highest BCUT2D eigenvalue weighted by atomic mass is 32.1. The van der Waals surface area contributed by atoms with Crippen LogP contribution in [-0.2, 0) is 17.7 Å². The molecule has 0 fully saturated rings. The molecule has 0 aliphatic carbocycles. The minimum absolute atomic E-state index is 0.243. The number of rotatable bonds is 6. The standard InChI is InChI=1S/C13H15NO3S/c1-16-13(15)12-3-2-11(17-12)8-14-6-4-10-5-7-18-9-10/h2-3,5,7,9,14H,4,6,8H2,1H3. The van der Waals surface area contributed by atoms with E-state index in [0.717, 1.165) is 18.7 Å². The van der Waals surface area contributed by atoms with Crippen LogP contribution in [0.2, 0.25) is 0 Å². The molecule has 0 bridgehead atoms. The van der Waals surface area contributed by atoms with Gasteiger partial charge in [0.2, 0.25) is 5.76 Å². The van der Waals surface area contributed by atoms with Crippen LogP contribution in [0.1, 0.15) is 21.9 Å². The van der Waals surface area contributed by atoms with Gasteiger partial charge in [0.15, 0.2) is 0 Å². The molecule has 2 aromatic rings. The number of esters is 1. The van der Waals surface area contributed by atoms with Crippen molar-refractivity contribution in [3.8, 4) is 0 Å². The summed E-state index contributed by atoms with van der Waals surface area (Å²) in [6, 6.07) is 5.53. The van der Waals surface area contributed by atoms with Gasteiger partial charge in [0.05, 0.1) is 13.7 Å².